The summed E-state index contributed by atoms with van der Waals surface area (Å²) < 4.78 is 5.81. The molecule has 0 amide bonds. The van der Waals surface area contributed by atoms with E-state index in [2.05, 4.69) is 15.4 Å². The SMILES string of the molecule is NNc1nc(Oc2ccc(CO)cc2)c2ccccc2n1. The van der Waals surface area contributed by atoms with Gasteiger partial charge in [0.15, 0.2) is 0 Å². The Morgan fingerprint density at radius 3 is 2.52 bits per heavy atom. The van der Waals surface area contributed by atoms with E-state index in [1.165, 1.54) is 0 Å². The van der Waals surface area contributed by atoms with Gasteiger partial charge in [0.05, 0.1) is 17.5 Å². The Morgan fingerprint density at radius 2 is 1.81 bits per heavy atom. The molecule has 0 bridgehead atoms. The van der Waals surface area contributed by atoms with Gasteiger partial charge in [-0.25, -0.2) is 10.8 Å². The second-order valence-electron chi connectivity index (χ2n) is 4.42. The summed E-state index contributed by atoms with van der Waals surface area (Å²) in [6, 6.07) is 14.7. The van der Waals surface area contributed by atoms with Crippen LogP contribution >= 0.6 is 0 Å². The first-order chi connectivity index (χ1) is 10.3. The fourth-order valence-corrected chi connectivity index (χ4v) is 1.96. The van der Waals surface area contributed by atoms with E-state index in [-0.39, 0.29) is 12.6 Å². The molecule has 0 unspecified atom stereocenters. The van der Waals surface area contributed by atoms with Crippen molar-refractivity contribution in [3.05, 3.63) is 54.1 Å². The van der Waals surface area contributed by atoms with Gasteiger partial charge >= 0.3 is 0 Å². The minimum atomic E-state index is -0.00202. The standard InChI is InChI=1S/C15H14N4O2/c16-19-15-17-13-4-2-1-3-12(13)14(18-15)21-11-7-5-10(9-20)6-8-11/h1-8,20H,9,16H2,(H,17,18,19). The van der Waals surface area contributed by atoms with Crippen LogP contribution in [0.4, 0.5) is 5.95 Å². The molecule has 0 aliphatic carbocycles. The van der Waals surface area contributed by atoms with Crippen molar-refractivity contribution in [2.75, 3.05) is 5.43 Å². The first-order valence-corrected chi connectivity index (χ1v) is 6.41. The highest BCUT2D eigenvalue weighted by molar-refractivity contribution is 5.84. The number of hydrazine groups is 1. The van der Waals surface area contributed by atoms with Crippen LogP contribution in [0.15, 0.2) is 48.5 Å². The molecule has 3 rings (SSSR count). The molecule has 0 fully saturated rings. The summed E-state index contributed by atoms with van der Waals surface area (Å²) in [5.74, 6) is 6.72. The van der Waals surface area contributed by atoms with Crippen LogP contribution in [0.2, 0.25) is 0 Å². The van der Waals surface area contributed by atoms with Gasteiger partial charge in [-0.05, 0) is 29.8 Å². The van der Waals surface area contributed by atoms with Crippen molar-refractivity contribution in [1.82, 2.24) is 9.97 Å². The zero-order valence-electron chi connectivity index (χ0n) is 11.2. The molecule has 106 valence electrons. The number of hydrogen-bond acceptors (Lipinski definition) is 6. The summed E-state index contributed by atoms with van der Waals surface area (Å²) in [7, 11) is 0. The number of nitrogens with zero attached hydrogens (tertiary/aromatic N) is 2. The van der Waals surface area contributed by atoms with Crippen molar-refractivity contribution in [1.29, 1.82) is 0 Å². The van der Waals surface area contributed by atoms with Gasteiger partial charge in [0.1, 0.15) is 5.75 Å². The smallest absolute Gasteiger partial charge is 0.241 e. The first-order valence-electron chi connectivity index (χ1n) is 6.41. The number of para-hydroxylation sites is 1. The van der Waals surface area contributed by atoms with E-state index in [0.29, 0.717) is 11.6 Å². The number of fused-ring (bicyclic) bond motifs is 1. The highest BCUT2D eigenvalue weighted by Crippen LogP contribution is 2.28. The molecule has 4 N–H and O–H groups in total. The van der Waals surface area contributed by atoms with Gasteiger partial charge in [-0.3, -0.25) is 5.43 Å². The third-order valence-electron chi connectivity index (χ3n) is 3.02. The lowest BCUT2D eigenvalue weighted by atomic mass is 10.2. The Labute approximate surface area is 121 Å². The van der Waals surface area contributed by atoms with E-state index in [1.54, 1.807) is 24.3 Å². The molecular weight excluding hydrogens is 268 g/mol. The van der Waals surface area contributed by atoms with E-state index in [4.69, 9.17) is 15.7 Å². The number of anilines is 1. The van der Waals surface area contributed by atoms with E-state index in [9.17, 15) is 0 Å². The van der Waals surface area contributed by atoms with Gasteiger partial charge in [0, 0.05) is 0 Å². The quantitative estimate of drug-likeness (QED) is 0.502. The number of hydrogen-bond donors (Lipinski definition) is 3. The maximum atomic E-state index is 9.04. The van der Waals surface area contributed by atoms with Crippen molar-refractivity contribution in [2.45, 2.75) is 6.61 Å². The van der Waals surface area contributed by atoms with Crippen LogP contribution in [0.1, 0.15) is 5.56 Å². The molecule has 1 aromatic heterocycles. The molecule has 0 atom stereocenters. The number of aliphatic hydroxyl groups excluding tert-OH is 1. The van der Waals surface area contributed by atoms with Crippen LogP contribution in [0.5, 0.6) is 11.6 Å². The molecule has 21 heavy (non-hydrogen) atoms. The molecule has 0 spiro atoms. The second-order valence-corrected chi connectivity index (χ2v) is 4.42. The highest BCUT2D eigenvalue weighted by atomic mass is 16.5. The number of nitrogens with one attached hydrogen (secondary N) is 1. The summed E-state index contributed by atoms with van der Waals surface area (Å²) in [5.41, 5.74) is 3.99. The van der Waals surface area contributed by atoms with Crippen molar-refractivity contribution in [3.63, 3.8) is 0 Å². The molecule has 6 heteroatoms. The zero-order valence-corrected chi connectivity index (χ0v) is 11.2. The maximum Gasteiger partial charge on any atom is 0.241 e. The number of nitrogens with two attached hydrogens (primary N) is 1. The molecule has 0 saturated carbocycles. The highest BCUT2D eigenvalue weighted by Gasteiger charge is 2.09. The van der Waals surface area contributed by atoms with Crippen LogP contribution < -0.4 is 16.0 Å². The summed E-state index contributed by atoms with van der Waals surface area (Å²) in [4.78, 5) is 8.50. The van der Waals surface area contributed by atoms with Crippen LogP contribution in [0.3, 0.4) is 0 Å². The molecule has 6 nitrogen and oxygen atoms in total. The van der Waals surface area contributed by atoms with Crippen LogP contribution in [-0.4, -0.2) is 15.1 Å². The van der Waals surface area contributed by atoms with Gasteiger partial charge in [0.2, 0.25) is 11.8 Å². The Bertz CT molecular complexity index is 759. The predicted molar refractivity (Wildman–Crippen MR) is 79.8 cm³/mol. The third-order valence-corrected chi connectivity index (χ3v) is 3.02. The van der Waals surface area contributed by atoms with Gasteiger partial charge in [0.25, 0.3) is 0 Å². The van der Waals surface area contributed by atoms with Crippen molar-refractivity contribution in [3.8, 4) is 11.6 Å². The van der Waals surface area contributed by atoms with Gasteiger partial charge < -0.3 is 9.84 Å². The average Bonchev–Trinajstić information content (AvgIpc) is 2.55. The normalized spacial score (nSPS) is 10.6. The maximum absolute atomic E-state index is 9.04. The second kappa shape index (κ2) is 5.74. The summed E-state index contributed by atoms with van der Waals surface area (Å²) >= 11 is 0. The number of benzene rings is 2. The van der Waals surface area contributed by atoms with Crippen LogP contribution in [0.25, 0.3) is 10.9 Å². The molecule has 0 saturated heterocycles. The summed E-state index contributed by atoms with van der Waals surface area (Å²) in [5, 5.41) is 9.84. The number of aromatic nitrogens is 2. The molecule has 3 aromatic rings. The van der Waals surface area contributed by atoms with Crippen LogP contribution in [0, 0.1) is 0 Å². The number of ether oxygens (including phenoxy) is 1. The van der Waals surface area contributed by atoms with E-state index in [0.717, 1.165) is 16.5 Å². The van der Waals surface area contributed by atoms with Crippen LogP contribution in [-0.2, 0) is 6.61 Å². The minimum absolute atomic E-state index is 0.00202. The fraction of sp³-hybridized carbons (Fsp3) is 0.0667. The number of aliphatic hydroxyl groups is 1. The van der Waals surface area contributed by atoms with E-state index in [1.807, 2.05) is 24.3 Å². The lowest BCUT2D eigenvalue weighted by Gasteiger charge is -2.09. The van der Waals surface area contributed by atoms with Crippen molar-refractivity contribution in [2.24, 2.45) is 5.84 Å². The summed E-state index contributed by atoms with van der Waals surface area (Å²) in [6.07, 6.45) is 0. The average molecular weight is 282 g/mol. The number of rotatable bonds is 4. The largest absolute Gasteiger partial charge is 0.438 e. The monoisotopic (exact) mass is 282 g/mol. The summed E-state index contributed by atoms with van der Waals surface area (Å²) in [6.45, 7) is -0.00202. The molecule has 1 heterocycles. The first kappa shape index (κ1) is 13.3. The Hall–Kier alpha value is -2.70. The minimum Gasteiger partial charge on any atom is -0.438 e. The Kier molecular flexibility index (Phi) is 3.63. The molecule has 0 aliphatic heterocycles. The fourth-order valence-electron chi connectivity index (χ4n) is 1.96. The van der Waals surface area contributed by atoms with Crippen molar-refractivity contribution < 1.29 is 9.84 Å². The molecule has 0 radical (unpaired) electrons. The molecule has 2 aromatic carbocycles. The third kappa shape index (κ3) is 2.76. The van der Waals surface area contributed by atoms with Gasteiger partial charge in [-0.15, -0.1) is 0 Å². The van der Waals surface area contributed by atoms with Gasteiger partial charge in [-0.1, -0.05) is 24.3 Å². The zero-order chi connectivity index (χ0) is 14.7. The lowest BCUT2D eigenvalue weighted by molar-refractivity contribution is 0.281. The van der Waals surface area contributed by atoms with Crippen molar-refractivity contribution >= 4 is 16.9 Å². The lowest BCUT2D eigenvalue weighted by Crippen LogP contribution is -2.11. The van der Waals surface area contributed by atoms with E-state index < -0.39 is 0 Å². The van der Waals surface area contributed by atoms with Gasteiger partial charge in [-0.2, -0.15) is 4.98 Å². The predicted octanol–water partition coefficient (Wildman–Crippen LogP) is 2.20. The molecule has 0 aliphatic rings. The molecular formula is C15H14N4O2. The topological polar surface area (TPSA) is 93.3 Å². The Balaban J connectivity index is 2.01. The Morgan fingerprint density at radius 1 is 1.05 bits per heavy atom. The number of nitrogen functional groups attached to an aromatic ring is 1. The van der Waals surface area contributed by atoms with E-state index >= 15 is 0 Å².